The molecule has 1 saturated carbocycles. The Kier molecular flexibility index (Phi) is 5.84. The Balaban J connectivity index is 1.55. The second kappa shape index (κ2) is 8.28. The predicted octanol–water partition coefficient (Wildman–Crippen LogP) is 4.19. The SMILES string of the molecule is Cc1ccccc1CNC1CCCCC1NCc1ccccc1. The average Bonchev–Trinajstić information content (AvgIpc) is 2.61. The van der Waals surface area contributed by atoms with Crippen molar-refractivity contribution in [2.75, 3.05) is 0 Å². The van der Waals surface area contributed by atoms with Crippen LogP contribution in [0, 0.1) is 6.92 Å². The molecule has 2 unspecified atom stereocenters. The molecule has 0 radical (unpaired) electrons. The molecular formula is C21H28N2. The fourth-order valence-corrected chi connectivity index (χ4v) is 3.51. The standard InChI is InChI=1S/C21H28N2/c1-17-9-5-6-12-19(17)16-23-21-14-8-7-13-20(21)22-15-18-10-3-2-4-11-18/h2-6,9-12,20-23H,7-8,13-16H2,1H3. The summed E-state index contributed by atoms with van der Waals surface area (Å²) < 4.78 is 0. The molecule has 2 aromatic carbocycles. The molecule has 1 aliphatic carbocycles. The maximum Gasteiger partial charge on any atom is 0.0224 e. The van der Waals surface area contributed by atoms with Crippen molar-refractivity contribution in [2.24, 2.45) is 0 Å². The summed E-state index contributed by atoms with van der Waals surface area (Å²) in [6.07, 6.45) is 5.24. The minimum Gasteiger partial charge on any atom is -0.308 e. The molecule has 23 heavy (non-hydrogen) atoms. The van der Waals surface area contributed by atoms with Crippen molar-refractivity contribution < 1.29 is 0 Å². The van der Waals surface area contributed by atoms with Gasteiger partial charge in [0.15, 0.2) is 0 Å². The summed E-state index contributed by atoms with van der Waals surface area (Å²) in [5.41, 5.74) is 4.17. The van der Waals surface area contributed by atoms with Crippen LogP contribution in [0.1, 0.15) is 42.4 Å². The highest BCUT2D eigenvalue weighted by molar-refractivity contribution is 5.25. The Bertz CT molecular complexity index is 594. The molecule has 122 valence electrons. The van der Waals surface area contributed by atoms with Crippen LogP contribution in [0.3, 0.4) is 0 Å². The van der Waals surface area contributed by atoms with E-state index in [2.05, 4.69) is 72.2 Å². The summed E-state index contributed by atoms with van der Waals surface area (Å²) in [6.45, 7) is 4.14. The smallest absolute Gasteiger partial charge is 0.0224 e. The highest BCUT2D eigenvalue weighted by Gasteiger charge is 2.24. The lowest BCUT2D eigenvalue weighted by atomic mass is 9.90. The topological polar surface area (TPSA) is 24.1 Å². The van der Waals surface area contributed by atoms with Gasteiger partial charge in [-0.2, -0.15) is 0 Å². The molecule has 2 heteroatoms. The second-order valence-corrected chi connectivity index (χ2v) is 6.67. The van der Waals surface area contributed by atoms with Gasteiger partial charge in [0.25, 0.3) is 0 Å². The Labute approximate surface area is 140 Å². The van der Waals surface area contributed by atoms with Gasteiger partial charge in [-0.1, -0.05) is 67.4 Å². The van der Waals surface area contributed by atoms with E-state index in [9.17, 15) is 0 Å². The van der Waals surface area contributed by atoms with E-state index in [0.29, 0.717) is 12.1 Å². The average molecular weight is 308 g/mol. The van der Waals surface area contributed by atoms with E-state index in [-0.39, 0.29) is 0 Å². The van der Waals surface area contributed by atoms with Gasteiger partial charge in [0.2, 0.25) is 0 Å². The third-order valence-electron chi connectivity index (χ3n) is 4.99. The van der Waals surface area contributed by atoms with Crippen LogP contribution in [0.2, 0.25) is 0 Å². The van der Waals surface area contributed by atoms with Crippen LogP contribution in [0.15, 0.2) is 54.6 Å². The number of nitrogens with one attached hydrogen (secondary N) is 2. The molecule has 0 amide bonds. The Morgan fingerprint density at radius 2 is 1.39 bits per heavy atom. The van der Waals surface area contributed by atoms with Crippen LogP contribution in [-0.2, 0) is 13.1 Å². The van der Waals surface area contributed by atoms with Crippen LogP contribution >= 0.6 is 0 Å². The first-order valence-corrected chi connectivity index (χ1v) is 8.88. The van der Waals surface area contributed by atoms with Crippen LogP contribution in [-0.4, -0.2) is 12.1 Å². The van der Waals surface area contributed by atoms with Gasteiger partial charge in [0, 0.05) is 25.2 Å². The van der Waals surface area contributed by atoms with Crippen LogP contribution in [0.5, 0.6) is 0 Å². The Morgan fingerprint density at radius 3 is 2.09 bits per heavy atom. The molecule has 2 atom stereocenters. The number of benzene rings is 2. The lowest BCUT2D eigenvalue weighted by Crippen LogP contribution is -2.49. The van der Waals surface area contributed by atoms with E-state index in [1.807, 2.05) is 0 Å². The zero-order chi connectivity index (χ0) is 15.9. The van der Waals surface area contributed by atoms with E-state index in [1.54, 1.807) is 0 Å². The van der Waals surface area contributed by atoms with E-state index >= 15 is 0 Å². The maximum absolute atomic E-state index is 3.80. The molecule has 2 aromatic rings. The van der Waals surface area contributed by atoms with Crippen molar-refractivity contribution in [1.29, 1.82) is 0 Å². The predicted molar refractivity (Wildman–Crippen MR) is 97.3 cm³/mol. The first-order valence-electron chi connectivity index (χ1n) is 8.88. The van der Waals surface area contributed by atoms with Crippen molar-refractivity contribution in [1.82, 2.24) is 10.6 Å². The number of hydrogen-bond acceptors (Lipinski definition) is 2. The molecule has 0 bridgehead atoms. The Morgan fingerprint density at radius 1 is 0.783 bits per heavy atom. The molecule has 3 rings (SSSR count). The molecule has 1 aliphatic rings. The third kappa shape index (κ3) is 4.66. The first kappa shape index (κ1) is 16.2. The molecule has 0 saturated heterocycles. The highest BCUT2D eigenvalue weighted by Crippen LogP contribution is 2.20. The first-order chi connectivity index (χ1) is 11.3. The summed E-state index contributed by atoms with van der Waals surface area (Å²) in [6, 6.07) is 20.5. The molecule has 1 fully saturated rings. The zero-order valence-electron chi connectivity index (χ0n) is 14.1. The highest BCUT2D eigenvalue weighted by atomic mass is 15.0. The molecule has 0 aliphatic heterocycles. The number of aryl methyl sites for hydroxylation is 1. The lowest BCUT2D eigenvalue weighted by Gasteiger charge is -2.33. The summed E-state index contributed by atoms with van der Waals surface area (Å²) in [5, 5.41) is 7.58. The third-order valence-corrected chi connectivity index (χ3v) is 4.99. The van der Waals surface area contributed by atoms with Gasteiger partial charge >= 0.3 is 0 Å². The van der Waals surface area contributed by atoms with E-state index in [1.165, 1.54) is 42.4 Å². The van der Waals surface area contributed by atoms with Crippen molar-refractivity contribution in [3.63, 3.8) is 0 Å². The van der Waals surface area contributed by atoms with Crippen LogP contribution in [0.4, 0.5) is 0 Å². The van der Waals surface area contributed by atoms with Crippen molar-refractivity contribution in [3.8, 4) is 0 Å². The summed E-state index contributed by atoms with van der Waals surface area (Å²) in [7, 11) is 0. The fraction of sp³-hybridized carbons (Fsp3) is 0.429. The number of rotatable bonds is 6. The maximum atomic E-state index is 3.80. The molecule has 0 spiro atoms. The van der Waals surface area contributed by atoms with Crippen LogP contribution < -0.4 is 10.6 Å². The minimum atomic E-state index is 0.576. The lowest BCUT2D eigenvalue weighted by molar-refractivity contribution is 0.281. The summed E-state index contributed by atoms with van der Waals surface area (Å²) in [4.78, 5) is 0. The zero-order valence-corrected chi connectivity index (χ0v) is 14.1. The second-order valence-electron chi connectivity index (χ2n) is 6.67. The summed E-state index contributed by atoms with van der Waals surface area (Å²) >= 11 is 0. The number of hydrogen-bond donors (Lipinski definition) is 2. The van der Waals surface area contributed by atoms with Gasteiger partial charge in [-0.3, -0.25) is 0 Å². The van der Waals surface area contributed by atoms with Gasteiger partial charge in [-0.15, -0.1) is 0 Å². The van der Waals surface area contributed by atoms with Gasteiger partial charge in [0.1, 0.15) is 0 Å². The quantitative estimate of drug-likeness (QED) is 0.836. The fourth-order valence-electron chi connectivity index (χ4n) is 3.51. The van der Waals surface area contributed by atoms with E-state index < -0.39 is 0 Å². The van der Waals surface area contributed by atoms with Crippen molar-refractivity contribution in [3.05, 3.63) is 71.3 Å². The largest absolute Gasteiger partial charge is 0.308 e. The van der Waals surface area contributed by atoms with E-state index in [4.69, 9.17) is 0 Å². The van der Waals surface area contributed by atoms with Crippen LogP contribution in [0.25, 0.3) is 0 Å². The molecule has 0 heterocycles. The Hall–Kier alpha value is -1.64. The van der Waals surface area contributed by atoms with Gasteiger partial charge in [0.05, 0.1) is 0 Å². The summed E-state index contributed by atoms with van der Waals surface area (Å²) in [5.74, 6) is 0. The molecule has 2 nitrogen and oxygen atoms in total. The van der Waals surface area contributed by atoms with Gasteiger partial charge in [-0.05, 0) is 36.5 Å². The monoisotopic (exact) mass is 308 g/mol. The van der Waals surface area contributed by atoms with Crippen molar-refractivity contribution >= 4 is 0 Å². The van der Waals surface area contributed by atoms with Gasteiger partial charge < -0.3 is 10.6 Å². The normalized spacial score (nSPS) is 21.3. The van der Waals surface area contributed by atoms with E-state index in [0.717, 1.165) is 13.1 Å². The van der Waals surface area contributed by atoms with Gasteiger partial charge in [-0.25, -0.2) is 0 Å². The molecule has 2 N–H and O–H groups in total. The minimum absolute atomic E-state index is 0.576. The van der Waals surface area contributed by atoms with Crippen molar-refractivity contribution in [2.45, 2.75) is 57.8 Å². The molecule has 0 aromatic heterocycles. The molecular weight excluding hydrogens is 280 g/mol.